The zero-order chi connectivity index (χ0) is 18.0. The zero-order valence-electron chi connectivity index (χ0n) is 14.9. The van der Waals surface area contributed by atoms with Crippen molar-refractivity contribution in [2.75, 3.05) is 33.0 Å². The summed E-state index contributed by atoms with van der Waals surface area (Å²) in [7, 11) is 0.214. The standard InChI is InChI=1S/C16H24ClN3O3S.HI/c1-16(2)11-20(7-8-24(16,21)22)15(18-3)19-10-12-5-6-13(17)9-14(12)23-4;/h5-6,9H,7-8,10-11H2,1-4H3,(H,18,19);1H. The van der Waals surface area contributed by atoms with Crippen LogP contribution in [0.4, 0.5) is 0 Å². The van der Waals surface area contributed by atoms with Crippen LogP contribution in [0.1, 0.15) is 19.4 Å². The summed E-state index contributed by atoms with van der Waals surface area (Å²) in [4.78, 5) is 6.26. The smallest absolute Gasteiger partial charge is 0.193 e. The third-order valence-electron chi connectivity index (χ3n) is 4.24. The zero-order valence-corrected chi connectivity index (χ0v) is 18.8. The summed E-state index contributed by atoms with van der Waals surface area (Å²) in [6, 6.07) is 5.46. The van der Waals surface area contributed by atoms with Gasteiger partial charge in [-0.1, -0.05) is 17.7 Å². The Labute approximate surface area is 171 Å². The Balaban J connectivity index is 0.00000312. The second-order valence-electron chi connectivity index (χ2n) is 6.36. The molecule has 0 aromatic heterocycles. The second kappa shape index (κ2) is 8.77. The molecule has 1 fully saturated rings. The Morgan fingerprint density at radius 3 is 2.68 bits per heavy atom. The minimum Gasteiger partial charge on any atom is -0.496 e. The molecule has 0 radical (unpaired) electrons. The van der Waals surface area contributed by atoms with E-state index in [4.69, 9.17) is 16.3 Å². The molecule has 9 heteroatoms. The highest BCUT2D eigenvalue weighted by atomic mass is 127. The van der Waals surface area contributed by atoms with Crippen molar-refractivity contribution in [3.8, 4) is 5.75 Å². The summed E-state index contributed by atoms with van der Waals surface area (Å²) >= 11 is 5.98. The van der Waals surface area contributed by atoms with Crippen LogP contribution in [0.25, 0.3) is 0 Å². The first-order chi connectivity index (χ1) is 11.2. The van der Waals surface area contributed by atoms with Crippen LogP contribution in [0.15, 0.2) is 23.2 Å². The van der Waals surface area contributed by atoms with Gasteiger partial charge in [-0.05, 0) is 26.0 Å². The van der Waals surface area contributed by atoms with Crippen LogP contribution in [0.3, 0.4) is 0 Å². The first-order valence-corrected chi connectivity index (χ1v) is 9.73. The van der Waals surface area contributed by atoms with Crippen molar-refractivity contribution in [1.82, 2.24) is 10.2 Å². The third kappa shape index (κ3) is 5.13. The highest BCUT2D eigenvalue weighted by Crippen LogP contribution is 2.25. The van der Waals surface area contributed by atoms with Gasteiger partial charge in [0.2, 0.25) is 0 Å². The van der Waals surface area contributed by atoms with E-state index in [9.17, 15) is 8.42 Å². The van der Waals surface area contributed by atoms with E-state index in [0.717, 1.165) is 5.56 Å². The van der Waals surface area contributed by atoms with Gasteiger partial charge < -0.3 is 15.0 Å². The molecule has 1 heterocycles. The third-order valence-corrected chi connectivity index (χ3v) is 7.01. The highest BCUT2D eigenvalue weighted by molar-refractivity contribution is 14.0. The first kappa shape index (κ1) is 22.3. The molecule has 0 saturated carbocycles. The maximum Gasteiger partial charge on any atom is 0.193 e. The topological polar surface area (TPSA) is 71.0 Å². The van der Waals surface area contributed by atoms with Crippen molar-refractivity contribution < 1.29 is 13.2 Å². The number of rotatable bonds is 3. The van der Waals surface area contributed by atoms with Crippen LogP contribution in [-0.4, -0.2) is 57.0 Å². The Hall–Kier alpha value is -0.740. The van der Waals surface area contributed by atoms with Crippen molar-refractivity contribution in [3.05, 3.63) is 28.8 Å². The lowest BCUT2D eigenvalue weighted by Gasteiger charge is -2.39. The minimum absolute atomic E-state index is 0. The van der Waals surface area contributed by atoms with Gasteiger partial charge in [-0.25, -0.2) is 8.42 Å². The molecule has 0 unspecified atom stereocenters. The number of hydrogen-bond donors (Lipinski definition) is 1. The number of halogens is 2. The summed E-state index contributed by atoms with van der Waals surface area (Å²) in [5.41, 5.74) is 0.951. The Morgan fingerprint density at radius 1 is 1.44 bits per heavy atom. The van der Waals surface area contributed by atoms with Gasteiger partial charge in [0.15, 0.2) is 15.8 Å². The molecule has 0 aliphatic carbocycles. The molecule has 0 bridgehead atoms. The molecule has 1 N–H and O–H groups in total. The Kier molecular flexibility index (Phi) is 7.82. The van der Waals surface area contributed by atoms with E-state index in [0.29, 0.717) is 36.4 Å². The van der Waals surface area contributed by atoms with E-state index in [-0.39, 0.29) is 29.7 Å². The van der Waals surface area contributed by atoms with Gasteiger partial charge in [0.05, 0.1) is 17.6 Å². The summed E-state index contributed by atoms with van der Waals surface area (Å²) in [5.74, 6) is 1.51. The number of guanidine groups is 1. The monoisotopic (exact) mass is 501 g/mol. The number of methoxy groups -OCH3 is 1. The molecule has 1 aromatic rings. The number of nitrogens with one attached hydrogen (secondary N) is 1. The average molecular weight is 502 g/mol. The van der Waals surface area contributed by atoms with Crippen molar-refractivity contribution in [2.45, 2.75) is 25.1 Å². The van der Waals surface area contributed by atoms with Crippen molar-refractivity contribution in [1.29, 1.82) is 0 Å². The molecule has 25 heavy (non-hydrogen) atoms. The van der Waals surface area contributed by atoms with Gasteiger partial charge in [0, 0.05) is 37.3 Å². The maximum atomic E-state index is 12.1. The van der Waals surface area contributed by atoms with E-state index >= 15 is 0 Å². The molecule has 0 spiro atoms. The molecule has 6 nitrogen and oxygen atoms in total. The summed E-state index contributed by atoms with van der Waals surface area (Å²) < 4.78 is 28.8. The fourth-order valence-corrected chi connectivity index (χ4v) is 4.22. The first-order valence-electron chi connectivity index (χ1n) is 7.70. The lowest BCUT2D eigenvalue weighted by atomic mass is 10.2. The van der Waals surface area contributed by atoms with Crippen LogP contribution in [0.2, 0.25) is 5.02 Å². The van der Waals surface area contributed by atoms with E-state index < -0.39 is 14.6 Å². The highest BCUT2D eigenvalue weighted by Gasteiger charge is 2.40. The molecular weight excluding hydrogens is 477 g/mol. The normalized spacial score (nSPS) is 19.1. The minimum atomic E-state index is -3.08. The van der Waals surface area contributed by atoms with Gasteiger partial charge in [-0.3, -0.25) is 4.99 Å². The lowest BCUT2D eigenvalue weighted by Crippen LogP contribution is -2.57. The van der Waals surface area contributed by atoms with Crippen molar-refractivity contribution in [3.63, 3.8) is 0 Å². The average Bonchev–Trinajstić information content (AvgIpc) is 2.52. The van der Waals surface area contributed by atoms with E-state index in [2.05, 4.69) is 10.3 Å². The van der Waals surface area contributed by atoms with Crippen molar-refractivity contribution in [2.24, 2.45) is 4.99 Å². The predicted molar refractivity (Wildman–Crippen MR) is 113 cm³/mol. The lowest BCUT2D eigenvalue weighted by molar-refractivity contribution is 0.352. The quantitative estimate of drug-likeness (QED) is 0.392. The van der Waals surface area contributed by atoms with E-state index in [1.54, 1.807) is 40.1 Å². The summed E-state index contributed by atoms with van der Waals surface area (Å²) in [6.45, 7) is 4.86. The molecule has 1 aromatic carbocycles. The number of ether oxygens (including phenoxy) is 1. The van der Waals surface area contributed by atoms with E-state index in [1.807, 2.05) is 11.0 Å². The molecule has 2 rings (SSSR count). The fraction of sp³-hybridized carbons (Fsp3) is 0.562. The van der Waals surface area contributed by atoms with Gasteiger partial charge >= 0.3 is 0 Å². The molecule has 1 saturated heterocycles. The Morgan fingerprint density at radius 2 is 2.12 bits per heavy atom. The van der Waals surface area contributed by atoms with Crippen LogP contribution >= 0.6 is 35.6 Å². The molecule has 1 aliphatic heterocycles. The largest absolute Gasteiger partial charge is 0.496 e. The second-order valence-corrected chi connectivity index (χ2v) is 9.54. The number of benzene rings is 1. The number of sulfone groups is 1. The number of hydrogen-bond acceptors (Lipinski definition) is 4. The summed E-state index contributed by atoms with van der Waals surface area (Å²) in [5, 5.41) is 3.89. The number of aliphatic imine (C=N–C) groups is 1. The number of nitrogens with zero attached hydrogens (tertiary/aromatic N) is 2. The SMILES string of the molecule is CN=C(NCc1ccc(Cl)cc1OC)N1CCS(=O)(=O)C(C)(C)C1.I. The molecule has 0 amide bonds. The maximum absolute atomic E-state index is 12.1. The van der Waals surface area contributed by atoms with E-state index in [1.165, 1.54) is 0 Å². The molecule has 1 aliphatic rings. The van der Waals surface area contributed by atoms with Gasteiger partial charge in [0.1, 0.15) is 5.75 Å². The molecule has 142 valence electrons. The predicted octanol–water partition coefficient (Wildman–Crippen LogP) is 2.55. The van der Waals surface area contributed by atoms with Crippen LogP contribution in [0, 0.1) is 0 Å². The van der Waals surface area contributed by atoms with Crippen LogP contribution in [-0.2, 0) is 16.4 Å². The van der Waals surface area contributed by atoms with Gasteiger partial charge in [-0.2, -0.15) is 0 Å². The fourth-order valence-electron chi connectivity index (χ4n) is 2.70. The molecular formula is C16H25ClIN3O3S. The van der Waals surface area contributed by atoms with Crippen LogP contribution < -0.4 is 10.1 Å². The van der Waals surface area contributed by atoms with Gasteiger partial charge in [-0.15, -0.1) is 24.0 Å². The van der Waals surface area contributed by atoms with Gasteiger partial charge in [0.25, 0.3) is 0 Å². The Bertz CT molecular complexity index is 738. The van der Waals surface area contributed by atoms with Crippen molar-refractivity contribution >= 4 is 51.4 Å². The van der Waals surface area contributed by atoms with Crippen LogP contribution in [0.5, 0.6) is 5.75 Å². The summed E-state index contributed by atoms with van der Waals surface area (Å²) in [6.07, 6.45) is 0. The molecule has 0 atom stereocenters.